The number of piperidine rings is 1. The summed E-state index contributed by atoms with van der Waals surface area (Å²) in [5.74, 6) is 0.967. The number of hydrogen-bond acceptors (Lipinski definition) is 4. The Bertz CT molecular complexity index is 554. The molecule has 1 aliphatic carbocycles. The zero-order chi connectivity index (χ0) is 17.9. The third-order valence-electron chi connectivity index (χ3n) is 5.46. The van der Waals surface area contributed by atoms with Gasteiger partial charge in [-0.3, -0.25) is 4.90 Å². The first kappa shape index (κ1) is 18.7. The lowest BCUT2D eigenvalue weighted by Gasteiger charge is -2.29. The Labute approximate surface area is 146 Å². The van der Waals surface area contributed by atoms with E-state index in [9.17, 15) is 13.2 Å². The van der Waals surface area contributed by atoms with E-state index >= 15 is 0 Å². The molecule has 3 rings (SSSR count). The lowest BCUT2D eigenvalue weighted by molar-refractivity contribution is -0.174. The SMILES string of the molecule is CCn1ccnc1CN(CCOCC(F)(F)F)[C@H]1CC12CCNCC2. The highest BCUT2D eigenvalue weighted by molar-refractivity contribution is 5.11. The van der Waals surface area contributed by atoms with Crippen molar-refractivity contribution in [1.82, 2.24) is 19.8 Å². The van der Waals surface area contributed by atoms with E-state index in [1.807, 2.05) is 6.20 Å². The molecule has 0 bridgehead atoms. The summed E-state index contributed by atoms with van der Waals surface area (Å²) in [6, 6.07) is 0.422. The Hall–Kier alpha value is -1.12. The molecular weight excluding hydrogens is 333 g/mol. The van der Waals surface area contributed by atoms with Gasteiger partial charge in [0.2, 0.25) is 0 Å². The zero-order valence-corrected chi connectivity index (χ0v) is 14.7. The number of nitrogens with one attached hydrogen (secondary N) is 1. The fraction of sp³-hybridized carbons (Fsp3) is 0.824. The van der Waals surface area contributed by atoms with Gasteiger partial charge in [-0.2, -0.15) is 13.2 Å². The molecule has 8 heteroatoms. The maximum Gasteiger partial charge on any atom is 0.411 e. The molecule has 1 aliphatic heterocycles. The predicted molar refractivity (Wildman–Crippen MR) is 88.1 cm³/mol. The van der Waals surface area contributed by atoms with Gasteiger partial charge in [-0.05, 0) is 44.7 Å². The molecule has 1 spiro atoms. The normalized spacial score (nSPS) is 22.7. The van der Waals surface area contributed by atoms with Crippen molar-refractivity contribution in [1.29, 1.82) is 0 Å². The number of halogens is 3. The number of nitrogens with zero attached hydrogens (tertiary/aromatic N) is 3. The van der Waals surface area contributed by atoms with Crippen LogP contribution < -0.4 is 5.32 Å². The minimum Gasteiger partial charge on any atom is -0.371 e. The first-order valence-corrected chi connectivity index (χ1v) is 9.03. The molecule has 1 aromatic rings. The zero-order valence-electron chi connectivity index (χ0n) is 14.7. The number of aryl methyl sites for hydroxylation is 1. The quantitative estimate of drug-likeness (QED) is 0.723. The maximum atomic E-state index is 12.3. The van der Waals surface area contributed by atoms with Crippen molar-refractivity contribution < 1.29 is 17.9 Å². The summed E-state index contributed by atoms with van der Waals surface area (Å²) in [7, 11) is 0. The Morgan fingerprint density at radius 2 is 2.16 bits per heavy atom. The fourth-order valence-electron chi connectivity index (χ4n) is 3.98. The highest BCUT2D eigenvalue weighted by Crippen LogP contribution is 2.55. The third-order valence-corrected chi connectivity index (χ3v) is 5.46. The van der Waals surface area contributed by atoms with E-state index in [0.717, 1.165) is 44.7 Å². The van der Waals surface area contributed by atoms with Crippen LogP contribution in [-0.2, 0) is 17.8 Å². The van der Waals surface area contributed by atoms with Crippen LogP contribution in [0, 0.1) is 5.41 Å². The minimum absolute atomic E-state index is 0.0944. The van der Waals surface area contributed by atoms with E-state index in [1.54, 1.807) is 6.20 Å². The van der Waals surface area contributed by atoms with Gasteiger partial charge < -0.3 is 14.6 Å². The van der Waals surface area contributed by atoms with Crippen LogP contribution in [0.1, 0.15) is 32.0 Å². The van der Waals surface area contributed by atoms with E-state index in [1.165, 1.54) is 0 Å². The van der Waals surface area contributed by atoms with Gasteiger partial charge in [0.15, 0.2) is 0 Å². The van der Waals surface area contributed by atoms with Gasteiger partial charge in [-0.15, -0.1) is 0 Å². The predicted octanol–water partition coefficient (Wildman–Crippen LogP) is 2.43. The van der Waals surface area contributed by atoms with E-state index in [2.05, 4.69) is 26.7 Å². The van der Waals surface area contributed by atoms with Gasteiger partial charge in [-0.25, -0.2) is 4.98 Å². The van der Waals surface area contributed by atoms with Gasteiger partial charge in [0, 0.05) is 31.5 Å². The molecular formula is C17H27F3N4O. The van der Waals surface area contributed by atoms with Crippen molar-refractivity contribution in [2.45, 2.75) is 51.5 Å². The molecule has 1 saturated carbocycles. The maximum absolute atomic E-state index is 12.3. The van der Waals surface area contributed by atoms with Crippen LogP contribution >= 0.6 is 0 Å². The van der Waals surface area contributed by atoms with Crippen LogP contribution in [0.25, 0.3) is 0 Å². The number of hydrogen-bond donors (Lipinski definition) is 1. The van der Waals surface area contributed by atoms with Gasteiger partial charge in [-0.1, -0.05) is 0 Å². The lowest BCUT2D eigenvalue weighted by Crippen LogP contribution is -2.38. The molecule has 0 amide bonds. The third kappa shape index (κ3) is 4.74. The molecule has 25 heavy (non-hydrogen) atoms. The lowest BCUT2D eigenvalue weighted by atomic mass is 9.93. The standard InChI is InChI=1S/C17H27F3N4O/c1-2-23-8-7-22-15(23)12-24(9-10-25-13-17(18,19)20)14-11-16(14)3-5-21-6-4-16/h7-8,14,21H,2-6,9-13H2,1H3/t14-/m0/s1. The number of rotatable bonds is 8. The second kappa shape index (κ2) is 7.63. The molecule has 1 aromatic heterocycles. The largest absolute Gasteiger partial charge is 0.411 e. The summed E-state index contributed by atoms with van der Waals surface area (Å²) >= 11 is 0. The first-order valence-electron chi connectivity index (χ1n) is 9.03. The molecule has 1 N–H and O–H groups in total. The topological polar surface area (TPSA) is 42.3 Å². The molecule has 0 radical (unpaired) electrons. The summed E-state index contributed by atoms with van der Waals surface area (Å²) in [6.45, 7) is 5.04. The van der Waals surface area contributed by atoms with Crippen molar-refractivity contribution in [3.8, 4) is 0 Å². The van der Waals surface area contributed by atoms with Crippen LogP contribution in [0.5, 0.6) is 0 Å². The number of ether oxygens (including phenoxy) is 1. The van der Waals surface area contributed by atoms with Crippen LogP contribution in [0.15, 0.2) is 12.4 Å². The molecule has 2 fully saturated rings. The Morgan fingerprint density at radius 3 is 2.84 bits per heavy atom. The second-order valence-corrected chi connectivity index (χ2v) is 7.10. The molecule has 1 saturated heterocycles. The Kier molecular flexibility index (Phi) is 5.70. The van der Waals surface area contributed by atoms with Crippen LogP contribution in [0.2, 0.25) is 0 Å². The molecule has 2 aliphatic rings. The van der Waals surface area contributed by atoms with Crippen molar-refractivity contribution in [2.24, 2.45) is 5.41 Å². The van der Waals surface area contributed by atoms with Gasteiger partial charge in [0.25, 0.3) is 0 Å². The second-order valence-electron chi connectivity index (χ2n) is 7.10. The molecule has 1 atom stereocenters. The van der Waals surface area contributed by atoms with Gasteiger partial charge in [0.05, 0.1) is 13.2 Å². The average Bonchev–Trinajstić information content (AvgIpc) is 3.05. The van der Waals surface area contributed by atoms with Crippen LogP contribution in [0.3, 0.4) is 0 Å². The highest BCUT2D eigenvalue weighted by atomic mass is 19.4. The van der Waals surface area contributed by atoms with Crippen LogP contribution in [-0.4, -0.2) is 59.5 Å². The summed E-state index contributed by atoms with van der Waals surface area (Å²) in [5, 5.41) is 3.39. The van der Waals surface area contributed by atoms with Gasteiger partial charge in [0.1, 0.15) is 12.4 Å². The minimum atomic E-state index is -4.26. The summed E-state index contributed by atoms with van der Waals surface area (Å²) < 4.78 is 43.8. The Balaban J connectivity index is 1.60. The summed E-state index contributed by atoms with van der Waals surface area (Å²) in [6.07, 6.45) is 2.87. The van der Waals surface area contributed by atoms with E-state index in [0.29, 0.717) is 24.5 Å². The summed E-state index contributed by atoms with van der Waals surface area (Å²) in [4.78, 5) is 6.70. The van der Waals surface area contributed by atoms with Crippen molar-refractivity contribution >= 4 is 0 Å². The fourth-order valence-corrected chi connectivity index (χ4v) is 3.98. The van der Waals surface area contributed by atoms with Gasteiger partial charge >= 0.3 is 6.18 Å². The smallest absolute Gasteiger partial charge is 0.371 e. The average molecular weight is 360 g/mol. The molecule has 5 nitrogen and oxygen atoms in total. The number of aromatic nitrogens is 2. The Morgan fingerprint density at radius 1 is 1.40 bits per heavy atom. The van der Waals surface area contributed by atoms with Crippen LogP contribution in [0.4, 0.5) is 13.2 Å². The molecule has 142 valence electrons. The van der Waals surface area contributed by atoms with Crippen molar-refractivity contribution in [2.75, 3.05) is 32.8 Å². The highest BCUT2D eigenvalue weighted by Gasteiger charge is 2.56. The van der Waals surface area contributed by atoms with Crippen molar-refractivity contribution in [3.05, 3.63) is 18.2 Å². The first-order chi connectivity index (χ1) is 11.9. The molecule has 0 unspecified atom stereocenters. The number of alkyl halides is 3. The van der Waals surface area contributed by atoms with E-state index < -0.39 is 12.8 Å². The van der Waals surface area contributed by atoms with E-state index in [-0.39, 0.29) is 6.61 Å². The summed E-state index contributed by atoms with van der Waals surface area (Å²) in [5.41, 5.74) is 0.332. The number of imidazole rings is 1. The molecule has 2 heterocycles. The molecule has 0 aromatic carbocycles. The van der Waals surface area contributed by atoms with Crippen molar-refractivity contribution in [3.63, 3.8) is 0 Å². The monoisotopic (exact) mass is 360 g/mol. The van der Waals surface area contributed by atoms with E-state index in [4.69, 9.17) is 4.74 Å².